The number of aromatic amines is 1. The molecule has 0 amide bonds. The number of rotatable bonds is 4. The predicted molar refractivity (Wildman–Crippen MR) is 89.5 cm³/mol. The first-order valence-corrected chi connectivity index (χ1v) is 7.87. The minimum Gasteiger partial charge on any atom is -0.507 e. The van der Waals surface area contributed by atoms with E-state index in [1.165, 1.54) is 13.2 Å². The van der Waals surface area contributed by atoms with Crippen LogP contribution in [0.25, 0.3) is 0 Å². The van der Waals surface area contributed by atoms with Crippen molar-refractivity contribution in [1.29, 1.82) is 0 Å². The molecule has 1 aliphatic rings. The van der Waals surface area contributed by atoms with Gasteiger partial charge in [-0.05, 0) is 30.7 Å². The fourth-order valence-electron chi connectivity index (χ4n) is 2.84. The maximum Gasteiger partial charge on any atom is 0.306 e. The monoisotopic (exact) mass is 365 g/mol. The van der Waals surface area contributed by atoms with Gasteiger partial charge in [-0.3, -0.25) is 9.59 Å². The number of methoxy groups -OCH3 is 1. The summed E-state index contributed by atoms with van der Waals surface area (Å²) in [6, 6.07) is 4.65. The van der Waals surface area contributed by atoms with Crippen LogP contribution in [0.15, 0.2) is 23.0 Å². The van der Waals surface area contributed by atoms with Crippen LogP contribution in [0, 0.1) is 6.92 Å². The molecule has 1 aromatic heterocycles. The fourth-order valence-corrected chi connectivity index (χ4v) is 3.12. The largest absolute Gasteiger partial charge is 0.507 e. The fraction of sp³-hybridized carbons (Fsp3) is 0.294. The van der Waals surface area contributed by atoms with Gasteiger partial charge in [0.2, 0.25) is 6.79 Å². The molecule has 1 atom stereocenters. The van der Waals surface area contributed by atoms with Crippen molar-refractivity contribution < 1.29 is 24.1 Å². The molecule has 0 saturated heterocycles. The van der Waals surface area contributed by atoms with E-state index in [1.54, 1.807) is 19.1 Å². The second-order valence-electron chi connectivity index (χ2n) is 5.65. The number of carbonyl (C=O) groups is 1. The molecule has 2 N–H and O–H groups in total. The molecule has 0 bridgehead atoms. The Labute approximate surface area is 148 Å². The summed E-state index contributed by atoms with van der Waals surface area (Å²) in [6.45, 7) is 1.69. The molecule has 0 spiro atoms. The highest BCUT2D eigenvalue weighted by atomic mass is 35.5. The Morgan fingerprint density at radius 3 is 2.84 bits per heavy atom. The van der Waals surface area contributed by atoms with E-state index in [2.05, 4.69) is 4.98 Å². The van der Waals surface area contributed by atoms with Gasteiger partial charge in [0, 0.05) is 11.6 Å². The average molecular weight is 366 g/mol. The molecule has 132 valence electrons. The second-order valence-corrected chi connectivity index (χ2v) is 6.06. The van der Waals surface area contributed by atoms with Crippen LogP contribution in [0.1, 0.15) is 29.2 Å². The van der Waals surface area contributed by atoms with E-state index in [0.717, 1.165) is 0 Å². The molecule has 0 saturated carbocycles. The molecular formula is C17H16ClNO6. The normalized spacial score (nSPS) is 13.6. The van der Waals surface area contributed by atoms with Gasteiger partial charge in [0.05, 0.1) is 24.1 Å². The summed E-state index contributed by atoms with van der Waals surface area (Å²) in [5, 5.41) is 10.6. The Kier molecular flexibility index (Phi) is 4.59. The summed E-state index contributed by atoms with van der Waals surface area (Å²) in [5.41, 5.74) is 0.613. The van der Waals surface area contributed by atoms with Gasteiger partial charge in [-0.2, -0.15) is 0 Å². The van der Waals surface area contributed by atoms with E-state index < -0.39 is 17.4 Å². The smallest absolute Gasteiger partial charge is 0.306 e. The van der Waals surface area contributed by atoms with Crippen LogP contribution in [-0.4, -0.2) is 30.0 Å². The van der Waals surface area contributed by atoms with Gasteiger partial charge in [-0.25, -0.2) is 0 Å². The molecule has 1 aromatic carbocycles. The number of aryl methyl sites for hydroxylation is 1. The van der Waals surface area contributed by atoms with E-state index in [4.69, 9.17) is 25.8 Å². The van der Waals surface area contributed by atoms with Crippen molar-refractivity contribution in [3.05, 3.63) is 50.4 Å². The summed E-state index contributed by atoms with van der Waals surface area (Å²) in [4.78, 5) is 26.9. The standard InChI is InChI=1S/C17H16ClNO6/c1-8-3-12(20)15(17(22)19-8)10(6-14(21)23-2)9-4-11(18)16-13(5-9)24-7-25-16/h3-5,10H,6-7H2,1-2H3,(H2,19,20,22)/t10-/m0/s1. The van der Waals surface area contributed by atoms with E-state index in [1.807, 2.05) is 0 Å². The van der Waals surface area contributed by atoms with Crippen molar-refractivity contribution in [3.63, 3.8) is 0 Å². The third kappa shape index (κ3) is 3.28. The zero-order valence-corrected chi connectivity index (χ0v) is 14.3. The summed E-state index contributed by atoms with van der Waals surface area (Å²) in [5.74, 6) is -0.671. The highest BCUT2D eigenvalue weighted by Gasteiger charge is 2.28. The van der Waals surface area contributed by atoms with Crippen molar-refractivity contribution in [2.24, 2.45) is 0 Å². The molecule has 25 heavy (non-hydrogen) atoms. The van der Waals surface area contributed by atoms with E-state index >= 15 is 0 Å². The van der Waals surface area contributed by atoms with Crippen LogP contribution in [0.3, 0.4) is 0 Å². The number of fused-ring (bicyclic) bond motifs is 1. The molecular weight excluding hydrogens is 350 g/mol. The number of halogens is 1. The van der Waals surface area contributed by atoms with E-state index in [-0.39, 0.29) is 24.5 Å². The Bertz CT molecular complexity index is 891. The minimum atomic E-state index is -0.760. The van der Waals surface area contributed by atoms with Crippen LogP contribution in [0.2, 0.25) is 5.02 Å². The molecule has 3 rings (SSSR count). The Morgan fingerprint density at radius 1 is 1.40 bits per heavy atom. The van der Waals surface area contributed by atoms with Crippen molar-refractivity contribution in [2.45, 2.75) is 19.3 Å². The molecule has 1 aliphatic heterocycles. The number of nitrogens with one attached hydrogen (secondary N) is 1. The van der Waals surface area contributed by atoms with Crippen LogP contribution in [0.4, 0.5) is 0 Å². The third-order valence-corrected chi connectivity index (χ3v) is 4.26. The predicted octanol–water partition coefficient (Wildman–Crippen LogP) is 2.47. The highest BCUT2D eigenvalue weighted by Crippen LogP contribution is 2.43. The van der Waals surface area contributed by atoms with Crippen LogP contribution in [0.5, 0.6) is 17.2 Å². The SMILES string of the molecule is COC(=O)C[C@@H](c1cc(Cl)c2c(c1)OCO2)c1c(O)cc(C)[nH]c1=O. The molecule has 2 heterocycles. The lowest BCUT2D eigenvalue weighted by Crippen LogP contribution is -2.20. The van der Waals surface area contributed by atoms with Gasteiger partial charge in [-0.15, -0.1) is 0 Å². The maximum absolute atomic E-state index is 12.4. The van der Waals surface area contributed by atoms with Crippen LogP contribution in [-0.2, 0) is 9.53 Å². The van der Waals surface area contributed by atoms with Crippen LogP contribution < -0.4 is 15.0 Å². The van der Waals surface area contributed by atoms with Crippen molar-refractivity contribution in [3.8, 4) is 17.2 Å². The van der Waals surface area contributed by atoms with Crippen molar-refractivity contribution in [2.75, 3.05) is 13.9 Å². The quantitative estimate of drug-likeness (QED) is 0.808. The number of ether oxygens (including phenoxy) is 3. The molecule has 7 nitrogen and oxygen atoms in total. The number of carbonyl (C=O) groups excluding carboxylic acids is 1. The number of hydrogen-bond donors (Lipinski definition) is 2. The Morgan fingerprint density at radius 2 is 2.16 bits per heavy atom. The third-order valence-electron chi connectivity index (χ3n) is 3.98. The minimum absolute atomic E-state index is 0.0382. The van der Waals surface area contributed by atoms with Gasteiger partial charge in [0.1, 0.15) is 5.75 Å². The van der Waals surface area contributed by atoms with Gasteiger partial charge < -0.3 is 24.3 Å². The number of esters is 1. The average Bonchev–Trinajstić information content (AvgIpc) is 3.01. The number of aromatic nitrogens is 1. The summed E-state index contributed by atoms with van der Waals surface area (Å²) < 4.78 is 15.3. The molecule has 0 radical (unpaired) electrons. The van der Waals surface area contributed by atoms with Gasteiger partial charge >= 0.3 is 5.97 Å². The number of pyridine rings is 1. The first-order valence-electron chi connectivity index (χ1n) is 7.49. The Hall–Kier alpha value is -2.67. The molecule has 8 heteroatoms. The molecule has 2 aromatic rings. The lowest BCUT2D eigenvalue weighted by molar-refractivity contribution is -0.140. The van der Waals surface area contributed by atoms with Gasteiger partial charge in [-0.1, -0.05) is 11.6 Å². The van der Waals surface area contributed by atoms with Crippen LogP contribution >= 0.6 is 11.6 Å². The maximum atomic E-state index is 12.4. The van der Waals surface area contributed by atoms with Gasteiger partial charge in [0.15, 0.2) is 11.5 Å². The molecule has 0 fully saturated rings. The zero-order valence-electron chi connectivity index (χ0n) is 13.6. The summed E-state index contributed by atoms with van der Waals surface area (Å²) in [6.07, 6.45) is -0.147. The number of benzene rings is 1. The van der Waals surface area contributed by atoms with E-state index in [0.29, 0.717) is 27.8 Å². The van der Waals surface area contributed by atoms with Crippen molar-refractivity contribution >= 4 is 17.6 Å². The molecule has 0 aliphatic carbocycles. The number of aromatic hydroxyl groups is 1. The number of hydrogen-bond acceptors (Lipinski definition) is 6. The zero-order chi connectivity index (χ0) is 18.1. The second kappa shape index (κ2) is 6.68. The topological polar surface area (TPSA) is 97.8 Å². The summed E-state index contributed by atoms with van der Waals surface area (Å²) >= 11 is 6.21. The lowest BCUT2D eigenvalue weighted by Gasteiger charge is -2.18. The first kappa shape index (κ1) is 17.2. The molecule has 0 unspecified atom stereocenters. The Balaban J connectivity index is 2.16. The summed E-state index contributed by atoms with van der Waals surface area (Å²) in [7, 11) is 1.26. The van der Waals surface area contributed by atoms with Crippen molar-refractivity contribution in [1.82, 2.24) is 4.98 Å². The first-order chi connectivity index (χ1) is 11.9. The van der Waals surface area contributed by atoms with E-state index in [9.17, 15) is 14.7 Å². The van der Waals surface area contributed by atoms with Gasteiger partial charge in [0.25, 0.3) is 5.56 Å². The number of H-pyrrole nitrogens is 1. The lowest BCUT2D eigenvalue weighted by atomic mass is 9.88. The highest BCUT2D eigenvalue weighted by molar-refractivity contribution is 6.32.